The van der Waals surface area contributed by atoms with Crippen molar-refractivity contribution in [2.75, 3.05) is 24.7 Å². The molecular weight excluding hydrogens is 399 g/mol. The maximum absolute atomic E-state index is 12.4. The van der Waals surface area contributed by atoms with Gasteiger partial charge in [0.2, 0.25) is 11.0 Å². The molecule has 5 nitrogen and oxygen atoms in total. The summed E-state index contributed by atoms with van der Waals surface area (Å²) in [7, 11) is 0. The molecule has 1 fully saturated rings. The van der Waals surface area contributed by atoms with Crippen LogP contribution in [-0.4, -0.2) is 40.3 Å². The van der Waals surface area contributed by atoms with E-state index >= 15 is 0 Å². The third-order valence-corrected chi connectivity index (χ3v) is 6.58. The zero-order chi connectivity index (χ0) is 17.8. The van der Waals surface area contributed by atoms with Crippen LogP contribution in [-0.2, 0) is 11.3 Å². The zero-order valence-electron chi connectivity index (χ0n) is 13.7. The highest BCUT2D eigenvalue weighted by Gasteiger charge is 2.26. The van der Waals surface area contributed by atoms with Gasteiger partial charge in [-0.05, 0) is 49.9 Å². The van der Waals surface area contributed by atoms with Crippen LogP contribution in [0.4, 0.5) is 5.13 Å². The number of likely N-dealkylation sites (tertiary alicyclic amines) is 1. The minimum atomic E-state index is 0.0126. The van der Waals surface area contributed by atoms with Gasteiger partial charge in [0.1, 0.15) is 0 Å². The van der Waals surface area contributed by atoms with Crippen molar-refractivity contribution in [3.8, 4) is 0 Å². The van der Waals surface area contributed by atoms with E-state index in [1.54, 1.807) is 6.07 Å². The van der Waals surface area contributed by atoms with E-state index in [-0.39, 0.29) is 11.8 Å². The Morgan fingerprint density at radius 3 is 2.76 bits per heavy atom. The van der Waals surface area contributed by atoms with Gasteiger partial charge >= 0.3 is 0 Å². The maximum Gasteiger partial charge on any atom is 0.229 e. The molecule has 1 aromatic carbocycles. The van der Waals surface area contributed by atoms with E-state index in [1.807, 2.05) is 18.4 Å². The Labute approximate surface area is 165 Å². The third kappa shape index (κ3) is 5.08. The molecule has 1 aliphatic heterocycles. The topological polar surface area (TPSA) is 58.1 Å². The highest BCUT2D eigenvalue weighted by atomic mass is 35.5. The number of thioether (sulfide) groups is 1. The van der Waals surface area contributed by atoms with Gasteiger partial charge in [0.25, 0.3) is 0 Å². The smallest absolute Gasteiger partial charge is 0.229 e. The molecular formula is C16H18Cl2N4OS2. The number of rotatable bonds is 5. The molecule has 0 spiro atoms. The van der Waals surface area contributed by atoms with Crippen LogP contribution in [0.1, 0.15) is 18.4 Å². The molecule has 1 aliphatic rings. The Hall–Kier alpha value is -0.860. The van der Waals surface area contributed by atoms with E-state index in [0.717, 1.165) is 42.4 Å². The lowest BCUT2D eigenvalue weighted by Crippen LogP contribution is -2.37. The predicted molar refractivity (Wildman–Crippen MR) is 105 cm³/mol. The molecule has 1 saturated heterocycles. The number of nitrogens with zero attached hydrogens (tertiary/aromatic N) is 3. The van der Waals surface area contributed by atoms with E-state index in [4.69, 9.17) is 23.2 Å². The fourth-order valence-electron chi connectivity index (χ4n) is 2.79. The van der Waals surface area contributed by atoms with Crippen molar-refractivity contribution in [3.63, 3.8) is 0 Å². The SMILES string of the molecule is CSc1nnc(NC(=O)C2CCN(Cc3ccc(Cl)cc3Cl)CC2)s1. The average Bonchev–Trinajstić information content (AvgIpc) is 3.05. The summed E-state index contributed by atoms with van der Waals surface area (Å²) < 4.78 is 0.852. The maximum atomic E-state index is 12.4. The summed E-state index contributed by atoms with van der Waals surface area (Å²) in [6.45, 7) is 2.50. The van der Waals surface area contributed by atoms with Gasteiger partial charge in [-0.15, -0.1) is 10.2 Å². The van der Waals surface area contributed by atoms with E-state index in [0.29, 0.717) is 15.2 Å². The molecule has 2 aromatic rings. The highest BCUT2D eigenvalue weighted by Crippen LogP contribution is 2.27. The number of piperidine rings is 1. The van der Waals surface area contributed by atoms with Crippen molar-refractivity contribution >= 4 is 57.3 Å². The molecule has 1 amide bonds. The molecule has 9 heteroatoms. The van der Waals surface area contributed by atoms with Crippen molar-refractivity contribution < 1.29 is 4.79 Å². The van der Waals surface area contributed by atoms with Crippen molar-refractivity contribution in [2.45, 2.75) is 23.7 Å². The third-order valence-electron chi connectivity index (χ3n) is 4.18. The van der Waals surface area contributed by atoms with Gasteiger partial charge in [-0.1, -0.05) is 52.4 Å². The lowest BCUT2D eigenvalue weighted by atomic mass is 9.95. The number of hydrogen-bond donors (Lipinski definition) is 1. The van der Waals surface area contributed by atoms with Crippen LogP contribution in [0.3, 0.4) is 0 Å². The zero-order valence-corrected chi connectivity index (χ0v) is 16.8. The monoisotopic (exact) mass is 416 g/mol. The number of carbonyl (C=O) groups is 1. The number of hydrogen-bond acceptors (Lipinski definition) is 6. The molecule has 0 saturated carbocycles. The Morgan fingerprint density at radius 2 is 2.12 bits per heavy atom. The van der Waals surface area contributed by atoms with Crippen LogP contribution in [0.25, 0.3) is 0 Å². The van der Waals surface area contributed by atoms with Crippen LogP contribution in [0.2, 0.25) is 10.0 Å². The molecule has 0 radical (unpaired) electrons. The summed E-state index contributed by atoms with van der Waals surface area (Å²) in [6, 6.07) is 5.58. The number of aromatic nitrogens is 2. The van der Waals surface area contributed by atoms with E-state index < -0.39 is 0 Å². The van der Waals surface area contributed by atoms with E-state index in [9.17, 15) is 4.79 Å². The fourth-order valence-corrected chi connectivity index (χ4v) is 4.44. The second-order valence-corrected chi connectivity index (χ2v) is 8.73. The van der Waals surface area contributed by atoms with E-state index in [1.165, 1.54) is 23.1 Å². The van der Waals surface area contributed by atoms with Gasteiger partial charge in [-0.3, -0.25) is 9.69 Å². The first-order chi connectivity index (χ1) is 12.0. The largest absolute Gasteiger partial charge is 0.300 e. The number of carbonyl (C=O) groups excluding carboxylic acids is 1. The van der Waals surface area contributed by atoms with Gasteiger partial charge in [0.05, 0.1) is 0 Å². The summed E-state index contributed by atoms with van der Waals surface area (Å²) >= 11 is 15.1. The summed E-state index contributed by atoms with van der Waals surface area (Å²) in [4.78, 5) is 14.7. The molecule has 1 aromatic heterocycles. The molecule has 1 N–H and O–H groups in total. The number of halogens is 2. The number of nitrogens with one attached hydrogen (secondary N) is 1. The number of benzene rings is 1. The molecule has 134 valence electrons. The van der Waals surface area contributed by atoms with Crippen LogP contribution in [0.5, 0.6) is 0 Å². The normalized spacial score (nSPS) is 16.1. The molecule has 0 unspecified atom stereocenters. The van der Waals surface area contributed by atoms with Crippen LogP contribution in [0, 0.1) is 5.92 Å². The standard InChI is InChI=1S/C16H18Cl2N4OS2/c1-24-16-21-20-15(25-16)19-14(23)10-4-6-22(7-5-10)9-11-2-3-12(17)8-13(11)18/h2-3,8,10H,4-7,9H2,1H3,(H,19,20,23). The van der Waals surface area contributed by atoms with Gasteiger partial charge in [-0.2, -0.15) is 0 Å². The van der Waals surface area contributed by atoms with Gasteiger partial charge < -0.3 is 5.32 Å². The molecule has 0 atom stereocenters. The quantitative estimate of drug-likeness (QED) is 0.577. The lowest BCUT2D eigenvalue weighted by Gasteiger charge is -2.31. The van der Waals surface area contributed by atoms with Crippen LogP contribution < -0.4 is 5.32 Å². The Bertz CT molecular complexity index is 747. The minimum Gasteiger partial charge on any atom is -0.300 e. The highest BCUT2D eigenvalue weighted by molar-refractivity contribution is 8.00. The van der Waals surface area contributed by atoms with Gasteiger partial charge in [0, 0.05) is 22.5 Å². The summed E-state index contributed by atoms with van der Waals surface area (Å²) in [5.74, 6) is 0.0477. The number of anilines is 1. The van der Waals surface area contributed by atoms with Crippen molar-refractivity contribution in [1.29, 1.82) is 0 Å². The predicted octanol–water partition coefficient (Wildman–Crippen LogP) is 4.42. The fraction of sp³-hybridized carbons (Fsp3) is 0.438. The van der Waals surface area contributed by atoms with E-state index in [2.05, 4.69) is 20.4 Å². The Morgan fingerprint density at radius 1 is 1.36 bits per heavy atom. The Kier molecular flexibility index (Phi) is 6.57. The number of amides is 1. The minimum absolute atomic E-state index is 0.0126. The summed E-state index contributed by atoms with van der Waals surface area (Å²) in [5.41, 5.74) is 1.06. The first-order valence-electron chi connectivity index (χ1n) is 7.90. The van der Waals surface area contributed by atoms with Crippen molar-refractivity contribution in [3.05, 3.63) is 33.8 Å². The molecule has 0 bridgehead atoms. The summed E-state index contributed by atoms with van der Waals surface area (Å²) in [5, 5.41) is 12.8. The molecule has 25 heavy (non-hydrogen) atoms. The van der Waals surface area contributed by atoms with Gasteiger partial charge in [-0.25, -0.2) is 0 Å². The lowest BCUT2D eigenvalue weighted by molar-refractivity contribution is -0.121. The first kappa shape index (κ1) is 18.9. The second-order valence-electron chi connectivity index (χ2n) is 5.85. The summed E-state index contributed by atoms with van der Waals surface area (Å²) in [6.07, 6.45) is 3.59. The first-order valence-corrected chi connectivity index (χ1v) is 10.7. The van der Waals surface area contributed by atoms with Gasteiger partial charge in [0.15, 0.2) is 4.34 Å². The van der Waals surface area contributed by atoms with Crippen molar-refractivity contribution in [1.82, 2.24) is 15.1 Å². The Balaban J connectivity index is 1.50. The molecule has 2 heterocycles. The van der Waals surface area contributed by atoms with Crippen LogP contribution in [0.15, 0.2) is 22.5 Å². The second kappa shape index (κ2) is 8.68. The average molecular weight is 417 g/mol. The van der Waals surface area contributed by atoms with Crippen LogP contribution >= 0.6 is 46.3 Å². The van der Waals surface area contributed by atoms with Crippen molar-refractivity contribution in [2.24, 2.45) is 5.92 Å². The molecule has 0 aliphatic carbocycles. The molecule has 3 rings (SSSR count).